The molecule has 3 N–H and O–H groups in total. The van der Waals surface area contributed by atoms with Crippen molar-refractivity contribution in [2.24, 2.45) is 0 Å². The van der Waals surface area contributed by atoms with Crippen LogP contribution in [0.1, 0.15) is 0 Å². The van der Waals surface area contributed by atoms with E-state index in [1.54, 1.807) is 0 Å². The molecule has 0 fully saturated rings. The Morgan fingerprint density at radius 3 is 1.00 bits per heavy atom. The molecule has 0 unspecified atom stereocenters. The molecule has 0 aromatic heterocycles. The summed E-state index contributed by atoms with van der Waals surface area (Å²) in [7, 11) is 0. The van der Waals surface area contributed by atoms with Gasteiger partial charge in [-0.3, -0.25) is 0 Å². The first-order valence-corrected chi connectivity index (χ1v) is 0.775. The van der Waals surface area contributed by atoms with E-state index in [1.165, 1.54) is 0 Å². The van der Waals surface area contributed by atoms with Crippen molar-refractivity contribution in [1.82, 2.24) is 0 Å². The Morgan fingerprint density at radius 2 is 1.00 bits per heavy atom. The maximum absolute atomic E-state index is 7.17. The van der Waals surface area contributed by atoms with Crippen LogP contribution in [0.25, 0.3) is 0 Å². The van der Waals surface area contributed by atoms with E-state index in [2.05, 4.69) is 0 Å². The second kappa shape index (κ2) is 4.88. The average molecular weight is 88.0 g/mol. The Balaban J connectivity index is 0. The third kappa shape index (κ3) is 52.3. The van der Waals surface area contributed by atoms with Gasteiger partial charge in [-0.05, 0) is 0 Å². The molecule has 0 amide bonds. The molecule has 0 aliphatic heterocycles. The third-order valence-electron chi connectivity index (χ3n) is 0. The predicted octanol–water partition coefficient (Wildman–Crippen LogP) is -2.40. The summed E-state index contributed by atoms with van der Waals surface area (Å²) in [5.74, 6) is 0. The van der Waals surface area contributed by atoms with Gasteiger partial charge in [0.2, 0.25) is 0 Å². The minimum atomic E-state index is -2.17. The molecule has 0 rings (SSSR count). The summed E-state index contributed by atoms with van der Waals surface area (Å²) >= 11 is 0. The van der Waals surface area contributed by atoms with Gasteiger partial charge in [0.15, 0.2) is 0 Å². The van der Waals surface area contributed by atoms with Crippen LogP contribution in [0.5, 0.6) is 0 Å². The summed E-state index contributed by atoms with van der Waals surface area (Å²) in [5, 5.41) is 21.5. The van der Waals surface area contributed by atoms with Crippen LogP contribution in [0, 0.1) is 0 Å². The van der Waals surface area contributed by atoms with Crippen molar-refractivity contribution >= 4 is 29.6 Å². The quantitative estimate of drug-likeness (QED) is 0.228. The summed E-state index contributed by atoms with van der Waals surface area (Å²) in [6.45, 7) is -2.17. The van der Waals surface area contributed by atoms with E-state index >= 15 is 0 Å². The molecular weight excluding hydrogens is 83.0 g/mol. The Morgan fingerprint density at radius 1 is 1.00 bits per heavy atom. The molecule has 0 aromatic rings. The number of hydrogen-bond donors (Lipinski definition) is 3. The molecule has 4 heteroatoms. The van der Waals surface area contributed by atoms with Crippen LogP contribution >= 0.6 is 0 Å². The van der Waals surface area contributed by atoms with Crippen LogP contribution in [-0.4, -0.2) is 51.4 Å². The normalized spacial score (nSPS) is 7.20. The van der Waals surface area contributed by atoms with E-state index in [0.29, 0.717) is 0 Å². The minimum absolute atomic E-state index is 0. The van der Waals surface area contributed by atoms with Gasteiger partial charge in [0.25, 0.3) is 6.48 Å². The molecule has 0 saturated heterocycles. The average Bonchev–Trinajstić information content (AvgIpc) is 0.811. The van der Waals surface area contributed by atoms with Gasteiger partial charge in [-0.2, -0.15) is 0 Å². The van der Waals surface area contributed by atoms with Crippen molar-refractivity contribution < 1.29 is 15.3 Å². The molecule has 5 heavy (non-hydrogen) atoms. The van der Waals surface area contributed by atoms with E-state index in [4.69, 9.17) is 15.3 Å². The Hall–Kier alpha value is 0.880. The van der Waals surface area contributed by atoms with Crippen molar-refractivity contribution in [1.29, 1.82) is 0 Å². The van der Waals surface area contributed by atoms with Crippen molar-refractivity contribution in [3.8, 4) is 0 Å². The molecule has 0 aliphatic carbocycles. The fraction of sp³-hybridized carbons (Fsp3) is 1.00. The van der Waals surface area contributed by atoms with Crippen LogP contribution in [0.15, 0.2) is 0 Å². The van der Waals surface area contributed by atoms with Crippen LogP contribution in [-0.2, 0) is 0 Å². The summed E-state index contributed by atoms with van der Waals surface area (Å²) in [6, 6.07) is 0. The molecular formula is CH5NaO3. The van der Waals surface area contributed by atoms with Crippen LogP contribution in [0.2, 0.25) is 0 Å². The Labute approximate surface area is 51.5 Å². The summed E-state index contributed by atoms with van der Waals surface area (Å²) in [5.41, 5.74) is 0. The fourth-order valence-electron chi connectivity index (χ4n) is 0. The fourth-order valence-corrected chi connectivity index (χ4v) is 0. The predicted molar refractivity (Wildman–Crippen MR) is 17.6 cm³/mol. The number of aliphatic hydroxyl groups is 3. The van der Waals surface area contributed by atoms with Gasteiger partial charge in [0, 0.05) is 0 Å². The zero-order valence-electron chi connectivity index (χ0n) is 1.92. The summed E-state index contributed by atoms with van der Waals surface area (Å²) in [4.78, 5) is 0. The van der Waals surface area contributed by atoms with E-state index in [1.807, 2.05) is 0 Å². The molecule has 0 saturated carbocycles. The van der Waals surface area contributed by atoms with E-state index in [-0.39, 0.29) is 29.6 Å². The second-order valence-electron chi connectivity index (χ2n) is 0.346. The zero-order chi connectivity index (χ0) is 3.58. The molecule has 0 aliphatic rings. The zero-order valence-corrected chi connectivity index (χ0v) is 1.92. The molecule has 0 radical (unpaired) electrons. The van der Waals surface area contributed by atoms with Gasteiger partial charge in [-0.15, -0.1) is 0 Å². The van der Waals surface area contributed by atoms with Gasteiger partial charge in [-0.25, -0.2) is 0 Å². The Bertz CT molecular complexity index is 11.6. The van der Waals surface area contributed by atoms with Gasteiger partial charge in [0.05, 0.1) is 0 Å². The van der Waals surface area contributed by atoms with Crippen molar-refractivity contribution in [2.75, 3.05) is 0 Å². The molecule has 0 spiro atoms. The molecule has 28 valence electrons. The summed E-state index contributed by atoms with van der Waals surface area (Å²) < 4.78 is 0. The number of aliphatic hydroxyl groups excluding tert-OH is 1. The monoisotopic (exact) mass is 88.0 g/mol. The van der Waals surface area contributed by atoms with Crippen LogP contribution in [0.3, 0.4) is 0 Å². The molecule has 0 atom stereocenters. The molecule has 3 nitrogen and oxygen atoms in total. The van der Waals surface area contributed by atoms with E-state index in [0.717, 1.165) is 0 Å². The molecule has 0 heterocycles. The van der Waals surface area contributed by atoms with Gasteiger partial charge >= 0.3 is 29.6 Å². The first-order chi connectivity index (χ1) is 1.73. The van der Waals surface area contributed by atoms with Crippen LogP contribution < -0.4 is 0 Å². The van der Waals surface area contributed by atoms with Crippen molar-refractivity contribution in [3.05, 3.63) is 0 Å². The standard InChI is InChI=1S/CH4O3.Na.H/c2-1(3)4;;/h1-4H;;. The Kier molecular flexibility index (Phi) is 9.08. The van der Waals surface area contributed by atoms with Crippen molar-refractivity contribution in [2.45, 2.75) is 6.48 Å². The first-order valence-electron chi connectivity index (χ1n) is 0.775. The van der Waals surface area contributed by atoms with Gasteiger partial charge in [-0.1, -0.05) is 0 Å². The molecule has 0 bridgehead atoms. The molecule has 0 aromatic carbocycles. The third-order valence-corrected chi connectivity index (χ3v) is 0. The second-order valence-corrected chi connectivity index (χ2v) is 0.346. The van der Waals surface area contributed by atoms with Crippen molar-refractivity contribution in [3.63, 3.8) is 0 Å². The number of hydrogen-bond acceptors (Lipinski definition) is 3. The van der Waals surface area contributed by atoms with Gasteiger partial charge < -0.3 is 15.3 Å². The maximum atomic E-state index is 7.17. The number of rotatable bonds is 0. The van der Waals surface area contributed by atoms with E-state index < -0.39 is 6.48 Å². The van der Waals surface area contributed by atoms with E-state index in [9.17, 15) is 0 Å². The summed E-state index contributed by atoms with van der Waals surface area (Å²) in [6.07, 6.45) is 0. The first kappa shape index (κ1) is 9.30. The SMILES string of the molecule is OC(O)O.[NaH]. The van der Waals surface area contributed by atoms with Gasteiger partial charge in [0.1, 0.15) is 0 Å². The van der Waals surface area contributed by atoms with Crippen LogP contribution in [0.4, 0.5) is 0 Å². The topological polar surface area (TPSA) is 60.7 Å².